The summed E-state index contributed by atoms with van der Waals surface area (Å²) >= 11 is 0. The third kappa shape index (κ3) is 2.49. The van der Waals surface area contributed by atoms with Crippen LogP contribution in [0.25, 0.3) is 0 Å². The second-order valence-electron chi connectivity index (χ2n) is 3.45. The largest absolute Gasteiger partial charge is 0.373 e. The molecule has 0 aliphatic rings. The Bertz CT molecular complexity index is 398. The average Bonchev–Trinajstić information content (AvgIpc) is 2.19. The first-order valence-electron chi connectivity index (χ1n) is 4.72. The number of hydrogen-bond acceptors (Lipinski definition) is 2. The van der Waals surface area contributed by atoms with Gasteiger partial charge in [-0.1, -0.05) is 24.3 Å². The molecule has 0 radical (unpaired) electrons. The van der Waals surface area contributed by atoms with Gasteiger partial charge < -0.3 is 9.79 Å². The summed E-state index contributed by atoms with van der Waals surface area (Å²) in [7, 11) is 0.106. The SMILES string of the molecule is C/C=C(\N(C)C)P(=O)(O)c1ccccc1. The molecule has 0 bridgehead atoms. The van der Waals surface area contributed by atoms with Crippen LogP contribution >= 0.6 is 7.37 Å². The molecule has 1 aromatic carbocycles. The van der Waals surface area contributed by atoms with Gasteiger partial charge in [-0.15, -0.1) is 0 Å². The third-order valence-electron chi connectivity index (χ3n) is 2.13. The highest BCUT2D eigenvalue weighted by atomic mass is 31.2. The number of hydrogen-bond donors (Lipinski definition) is 1. The molecule has 3 nitrogen and oxygen atoms in total. The van der Waals surface area contributed by atoms with Crippen molar-refractivity contribution in [2.45, 2.75) is 6.92 Å². The minimum atomic E-state index is -3.42. The van der Waals surface area contributed by atoms with Crippen molar-refractivity contribution in [1.82, 2.24) is 4.90 Å². The molecule has 1 N–H and O–H groups in total. The molecule has 0 aromatic heterocycles. The quantitative estimate of drug-likeness (QED) is 0.800. The molecular weight excluding hydrogens is 209 g/mol. The van der Waals surface area contributed by atoms with Crippen molar-refractivity contribution in [1.29, 1.82) is 0 Å². The normalized spacial score (nSPS) is 15.9. The molecule has 0 aliphatic heterocycles. The Morgan fingerprint density at radius 2 is 1.87 bits per heavy atom. The first kappa shape index (κ1) is 12.0. The Morgan fingerprint density at radius 1 is 1.33 bits per heavy atom. The zero-order valence-corrected chi connectivity index (χ0v) is 10.1. The van der Waals surface area contributed by atoms with E-state index in [2.05, 4.69) is 0 Å². The fourth-order valence-electron chi connectivity index (χ4n) is 1.47. The molecule has 0 heterocycles. The van der Waals surface area contributed by atoms with Crippen molar-refractivity contribution in [2.75, 3.05) is 14.1 Å². The molecule has 1 atom stereocenters. The van der Waals surface area contributed by atoms with Crippen LogP contribution in [-0.2, 0) is 4.57 Å². The topological polar surface area (TPSA) is 40.5 Å². The number of benzene rings is 1. The van der Waals surface area contributed by atoms with E-state index >= 15 is 0 Å². The fraction of sp³-hybridized carbons (Fsp3) is 0.273. The van der Waals surface area contributed by atoms with Crippen LogP contribution in [0.4, 0.5) is 0 Å². The molecule has 0 spiro atoms. The summed E-state index contributed by atoms with van der Waals surface area (Å²) in [5, 5.41) is 0.465. The maximum atomic E-state index is 12.2. The Kier molecular flexibility index (Phi) is 3.72. The van der Waals surface area contributed by atoms with Crippen LogP contribution < -0.4 is 5.30 Å². The van der Waals surface area contributed by atoms with E-state index in [1.807, 2.05) is 6.07 Å². The van der Waals surface area contributed by atoms with Gasteiger partial charge in [-0.25, -0.2) is 0 Å². The lowest BCUT2D eigenvalue weighted by Crippen LogP contribution is -2.16. The van der Waals surface area contributed by atoms with Crippen LogP contribution in [0, 0.1) is 0 Å². The molecule has 1 unspecified atom stereocenters. The Labute approximate surface area is 90.5 Å². The van der Waals surface area contributed by atoms with Gasteiger partial charge in [0.1, 0.15) is 0 Å². The fourth-order valence-corrected chi connectivity index (χ4v) is 3.20. The van der Waals surface area contributed by atoms with Crippen molar-refractivity contribution in [3.63, 3.8) is 0 Å². The zero-order valence-electron chi connectivity index (χ0n) is 9.21. The van der Waals surface area contributed by atoms with Gasteiger partial charge in [0.25, 0.3) is 7.37 Å². The van der Waals surface area contributed by atoms with Gasteiger partial charge in [-0.05, 0) is 19.1 Å². The van der Waals surface area contributed by atoms with Gasteiger partial charge in [-0.2, -0.15) is 0 Å². The minimum absolute atomic E-state index is 0.453. The summed E-state index contributed by atoms with van der Waals surface area (Å²) < 4.78 is 12.2. The average molecular weight is 225 g/mol. The van der Waals surface area contributed by atoms with Gasteiger partial charge in [0.05, 0.1) is 5.44 Å². The molecular formula is C11H16NO2P. The standard InChI is InChI=1S/C11H16NO2P/c1-4-11(12(2)3)15(13,14)10-8-6-5-7-9-10/h4-9H,1-3H3,(H,13,14)/b11-4+. The first-order chi connectivity index (χ1) is 7.00. The predicted molar refractivity (Wildman–Crippen MR) is 63.3 cm³/mol. The van der Waals surface area contributed by atoms with Crippen molar-refractivity contribution in [2.24, 2.45) is 0 Å². The highest BCUT2D eigenvalue weighted by molar-refractivity contribution is 7.70. The van der Waals surface area contributed by atoms with Crippen LogP contribution in [0.3, 0.4) is 0 Å². The lowest BCUT2D eigenvalue weighted by atomic mass is 10.4. The highest BCUT2D eigenvalue weighted by Crippen LogP contribution is 2.48. The van der Waals surface area contributed by atoms with Crippen LogP contribution in [0.15, 0.2) is 41.8 Å². The first-order valence-corrected chi connectivity index (χ1v) is 6.38. The zero-order chi connectivity index (χ0) is 11.5. The van der Waals surface area contributed by atoms with Gasteiger partial charge in [0, 0.05) is 19.4 Å². The van der Waals surface area contributed by atoms with E-state index in [4.69, 9.17) is 0 Å². The van der Waals surface area contributed by atoms with Crippen molar-refractivity contribution in [3.8, 4) is 0 Å². The summed E-state index contributed by atoms with van der Waals surface area (Å²) in [5.41, 5.74) is 0.453. The molecule has 0 saturated heterocycles. The van der Waals surface area contributed by atoms with E-state index in [0.717, 1.165) is 0 Å². The molecule has 0 fully saturated rings. The molecule has 0 aliphatic carbocycles. The number of nitrogens with zero attached hydrogens (tertiary/aromatic N) is 1. The second kappa shape index (κ2) is 4.65. The Hall–Kier alpha value is -1.05. The van der Waals surface area contributed by atoms with E-state index in [1.54, 1.807) is 56.3 Å². The molecule has 1 aromatic rings. The molecule has 15 heavy (non-hydrogen) atoms. The minimum Gasteiger partial charge on any atom is -0.373 e. The number of allylic oxidation sites excluding steroid dienone is 1. The summed E-state index contributed by atoms with van der Waals surface area (Å²) in [4.78, 5) is 11.7. The van der Waals surface area contributed by atoms with E-state index in [9.17, 15) is 9.46 Å². The monoisotopic (exact) mass is 225 g/mol. The predicted octanol–water partition coefficient (Wildman–Crippen LogP) is 2.01. The van der Waals surface area contributed by atoms with Crippen molar-refractivity contribution < 1.29 is 9.46 Å². The molecule has 4 heteroatoms. The van der Waals surface area contributed by atoms with Crippen molar-refractivity contribution >= 4 is 12.7 Å². The van der Waals surface area contributed by atoms with Crippen LogP contribution in [-0.4, -0.2) is 23.9 Å². The van der Waals surface area contributed by atoms with Crippen LogP contribution in [0.1, 0.15) is 6.92 Å². The van der Waals surface area contributed by atoms with Crippen LogP contribution in [0.5, 0.6) is 0 Å². The summed E-state index contributed by atoms with van der Waals surface area (Å²) in [6, 6.07) is 8.71. The second-order valence-corrected chi connectivity index (χ2v) is 5.58. The van der Waals surface area contributed by atoms with Gasteiger partial charge >= 0.3 is 0 Å². The van der Waals surface area contributed by atoms with Gasteiger partial charge in [-0.3, -0.25) is 4.57 Å². The number of rotatable bonds is 3. The lowest BCUT2D eigenvalue weighted by Gasteiger charge is -2.22. The Morgan fingerprint density at radius 3 is 2.27 bits per heavy atom. The summed E-state index contributed by atoms with van der Waals surface area (Å²) in [6.07, 6.45) is 1.67. The maximum Gasteiger partial charge on any atom is 0.273 e. The molecule has 82 valence electrons. The smallest absolute Gasteiger partial charge is 0.273 e. The Balaban J connectivity index is 3.19. The van der Waals surface area contributed by atoms with E-state index in [0.29, 0.717) is 10.7 Å². The van der Waals surface area contributed by atoms with Crippen LogP contribution in [0.2, 0.25) is 0 Å². The molecule has 0 saturated carbocycles. The molecule has 1 rings (SSSR count). The third-order valence-corrected chi connectivity index (χ3v) is 4.41. The molecule has 0 amide bonds. The van der Waals surface area contributed by atoms with Gasteiger partial charge in [0.2, 0.25) is 0 Å². The lowest BCUT2D eigenvalue weighted by molar-refractivity contribution is 0.463. The maximum absolute atomic E-state index is 12.2. The van der Waals surface area contributed by atoms with E-state index < -0.39 is 7.37 Å². The highest BCUT2D eigenvalue weighted by Gasteiger charge is 2.27. The summed E-state index contributed by atoms with van der Waals surface area (Å²) in [6.45, 7) is 1.77. The summed E-state index contributed by atoms with van der Waals surface area (Å²) in [5.74, 6) is 0. The van der Waals surface area contributed by atoms with Gasteiger partial charge in [0.15, 0.2) is 0 Å². The van der Waals surface area contributed by atoms with Crippen molar-refractivity contribution in [3.05, 3.63) is 41.8 Å². The van der Waals surface area contributed by atoms with E-state index in [1.165, 1.54) is 0 Å². The van der Waals surface area contributed by atoms with E-state index in [-0.39, 0.29) is 0 Å².